The van der Waals surface area contributed by atoms with Crippen LogP contribution in [0.3, 0.4) is 0 Å². The van der Waals surface area contributed by atoms with Gasteiger partial charge in [-0.15, -0.1) is 0 Å². The standard InChI is InChI=1S/C11H23NO/c1-3-10-6-5-7-12(8-10)9-11(13)4-2/h10-11,13H,3-9H2,1-2H3. The number of hydrogen-bond donors (Lipinski definition) is 1. The molecule has 2 unspecified atom stereocenters. The van der Waals surface area contributed by atoms with E-state index in [0.29, 0.717) is 0 Å². The lowest BCUT2D eigenvalue weighted by molar-refractivity contribution is 0.0815. The van der Waals surface area contributed by atoms with E-state index < -0.39 is 0 Å². The van der Waals surface area contributed by atoms with Crippen LogP contribution < -0.4 is 0 Å². The molecule has 0 aliphatic carbocycles. The fourth-order valence-corrected chi connectivity index (χ4v) is 2.08. The van der Waals surface area contributed by atoms with Crippen molar-refractivity contribution in [1.82, 2.24) is 4.90 Å². The van der Waals surface area contributed by atoms with Crippen LogP contribution in [-0.2, 0) is 0 Å². The second-order valence-electron chi connectivity index (χ2n) is 4.24. The summed E-state index contributed by atoms with van der Waals surface area (Å²) >= 11 is 0. The minimum Gasteiger partial charge on any atom is -0.392 e. The Labute approximate surface area is 81.9 Å². The summed E-state index contributed by atoms with van der Waals surface area (Å²) in [6.45, 7) is 7.59. The van der Waals surface area contributed by atoms with Crippen molar-refractivity contribution >= 4 is 0 Å². The fraction of sp³-hybridized carbons (Fsp3) is 1.00. The summed E-state index contributed by atoms with van der Waals surface area (Å²) in [5.74, 6) is 0.873. The van der Waals surface area contributed by atoms with E-state index in [1.165, 1.54) is 32.4 Å². The molecule has 1 fully saturated rings. The lowest BCUT2D eigenvalue weighted by atomic mass is 9.95. The van der Waals surface area contributed by atoms with Crippen molar-refractivity contribution in [3.63, 3.8) is 0 Å². The molecule has 0 aromatic rings. The summed E-state index contributed by atoms with van der Waals surface area (Å²) in [5.41, 5.74) is 0. The van der Waals surface area contributed by atoms with Crippen LogP contribution >= 0.6 is 0 Å². The van der Waals surface area contributed by atoms with Crippen molar-refractivity contribution in [1.29, 1.82) is 0 Å². The molecule has 2 nitrogen and oxygen atoms in total. The number of likely N-dealkylation sites (tertiary alicyclic amines) is 1. The van der Waals surface area contributed by atoms with Gasteiger partial charge in [-0.25, -0.2) is 0 Å². The van der Waals surface area contributed by atoms with Crippen molar-refractivity contribution in [3.05, 3.63) is 0 Å². The third-order valence-corrected chi connectivity index (χ3v) is 3.12. The van der Waals surface area contributed by atoms with Gasteiger partial charge in [0.15, 0.2) is 0 Å². The highest BCUT2D eigenvalue weighted by Gasteiger charge is 2.19. The molecule has 0 aromatic carbocycles. The van der Waals surface area contributed by atoms with Gasteiger partial charge in [0.2, 0.25) is 0 Å². The average molecular weight is 185 g/mol. The maximum absolute atomic E-state index is 9.53. The van der Waals surface area contributed by atoms with E-state index in [4.69, 9.17) is 0 Å². The topological polar surface area (TPSA) is 23.5 Å². The van der Waals surface area contributed by atoms with Crippen LogP contribution in [0.25, 0.3) is 0 Å². The second kappa shape index (κ2) is 5.61. The molecule has 0 amide bonds. The van der Waals surface area contributed by atoms with Gasteiger partial charge in [-0.05, 0) is 31.7 Å². The van der Waals surface area contributed by atoms with Crippen molar-refractivity contribution < 1.29 is 5.11 Å². The summed E-state index contributed by atoms with van der Waals surface area (Å²) < 4.78 is 0. The van der Waals surface area contributed by atoms with Gasteiger partial charge in [-0.3, -0.25) is 0 Å². The van der Waals surface area contributed by atoms with E-state index in [-0.39, 0.29) is 6.10 Å². The van der Waals surface area contributed by atoms with Crippen LogP contribution in [0.1, 0.15) is 39.5 Å². The van der Waals surface area contributed by atoms with Crippen LogP contribution in [0.4, 0.5) is 0 Å². The highest BCUT2D eigenvalue weighted by Crippen LogP contribution is 2.19. The van der Waals surface area contributed by atoms with Gasteiger partial charge in [0.05, 0.1) is 6.10 Å². The highest BCUT2D eigenvalue weighted by atomic mass is 16.3. The smallest absolute Gasteiger partial charge is 0.0664 e. The van der Waals surface area contributed by atoms with Crippen molar-refractivity contribution in [3.8, 4) is 0 Å². The normalized spacial score (nSPS) is 27.5. The maximum Gasteiger partial charge on any atom is 0.0664 e. The second-order valence-corrected chi connectivity index (χ2v) is 4.24. The van der Waals surface area contributed by atoms with Gasteiger partial charge in [-0.2, -0.15) is 0 Å². The Hall–Kier alpha value is -0.0800. The summed E-state index contributed by atoms with van der Waals surface area (Å²) in [6.07, 6.45) is 4.76. The average Bonchev–Trinajstić information content (AvgIpc) is 2.18. The number of nitrogens with zero attached hydrogens (tertiary/aromatic N) is 1. The lowest BCUT2D eigenvalue weighted by Gasteiger charge is -2.33. The van der Waals surface area contributed by atoms with Gasteiger partial charge in [0, 0.05) is 13.1 Å². The third-order valence-electron chi connectivity index (χ3n) is 3.12. The van der Waals surface area contributed by atoms with E-state index >= 15 is 0 Å². The van der Waals surface area contributed by atoms with Crippen LogP contribution in [0.15, 0.2) is 0 Å². The summed E-state index contributed by atoms with van der Waals surface area (Å²) in [4.78, 5) is 2.42. The monoisotopic (exact) mass is 185 g/mol. The number of rotatable bonds is 4. The largest absolute Gasteiger partial charge is 0.392 e. The van der Waals surface area contributed by atoms with Gasteiger partial charge in [0.1, 0.15) is 0 Å². The van der Waals surface area contributed by atoms with Crippen molar-refractivity contribution in [2.45, 2.75) is 45.6 Å². The van der Waals surface area contributed by atoms with Gasteiger partial charge >= 0.3 is 0 Å². The van der Waals surface area contributed by atoms with Crippen LogP contribution in [0.2, 0.25) is 0 Å². The summed E-state index contributed by atoms with van der Waals surface area (Å²) in [5, 5.41) is 9.53. The van der Waals surface area contributed by atoms with E-state index in [2.05, 4.69) is 11.8 Å². The molecule has 1 heterocycles. The number of piperidine rings is 1. The van der Waals surface area contributed by atoms with Crippen molar-refractivity contribution in [2.24, 2.45) is 5.92 Å². The molecule has 1 aliphatic rings. The molecule has 0 bridgehead atoms. The number of aliphatic hydroxyl groups is 1. The molecule has 1 aliphatic heterocycles. The Bertz CT molecular complexity index is 136. The maximum atomic E-state index is 9.53. The SMILES string of the molecule is CCC(O)CN1CCCC(CC)C1. The van der Waals surface area contributed by atoms with Crippen LogP contribution in [0, 0.1) is 5.92 Å². The predicted octanol–water partition coefficient (Wildman–Crippen LogP) is 1.88. The number of β-amino-alcohol motifs (C(OH)–C–C–N with tert-alkyl or cyclic N) is 1. The summed E-state index contributed by atoms with van der Waals surface area (Å²) in [7, 11) is 0. The number of aliphatic hydroxyl groups excluding tert-OH is 1. The minimum atomic E-state index is -0.115. The Morgan fingerprint density at radius 3 is 2.85 bits per heavy atom. The zero-order valence-corrected chi connectivity index (χ0v) is 9.00. The molecule has 0 aromatic heterocycles. The Kier molecular flexibility index (Phi) is 4.74. The predicted molar refractivity (Wildman–Crippen MR) is 55.8 cm³/mol. The minimum absolute atomic E-state index is 0.115. The lowest BCUT2D eigenvalue weighted by Crippen LogP contribution is -2.39. The molecule has 13 heavy (non-hydrogen) atoms. The van der Waals surface area contributed by atoms with Crippen molar-refractivity contribution in [2.75, 3.05) is 19.6 Å². The van der Waals surface area contributed by atoms with E-state index in [1.807, 2.05) is 6.92 Å². The number of hydrogen-bond acceptors (Lipinski definition) is 2. The molecule has 1 rings (SSSR count). The van der Waals surface area contributed by atoms with Gasteiger partial charge in [0.25, 0.3) is 0 Å². The quantitative estimate of drug-likeness (QED) is 0.723. The molecule has 2 heteroatoms. The first-order valence-corrected chi connectivity index (χ1v) is 5.66. The van der Waals surface area contributed by atoms with Crippen LogP contribution in [0.5, 0.6) is 0 Å². The molecular weight excluding hydrogens is 162 g/mol. The zero-order valence-electron chi connectivity index (χ0n) is 9.00. The molecular formula is C11H23NO. The van der Waals surface area contributed by atoms with Gasteiger partial charge in [-0.1, -0.05) is 20.3 Å². The molecule has 0 saturated carbocycles. The summed E-state index contributed by atoms with van der Waals surface area (Å²) in [6, 6.07) is 0. The fourth-order valence-electron chi connectivity index (χ4n) is 2.08. The Balaban J connectivity index is 2.25. The molecule has 2 atom stereocenters. The zero-order chi connectivity index (χ0) is 9.68. The van der Waals surface area contributed by atoms with Crippen LogP contribution in [-0.4, -0.2) is 35.7 Å². The molecule has 0 radical (unpaired) electrons. The molecule has 1 N–H and O–H groups in total. The van der Waals surface area contributed by atoms with E-state index in [0.717, 1.165) is 18.9 Å². The van der Waals surface area contributed by atoms with Gasteiger partial charge < -0.3 is 10.0 Å². The molecule has 0 spiro atoms. The Morgan fingerprint density at radius 2 is 2.23 bits per heavy atom. The molecule has 1 saturated heterocycles. The first-order chi connectivity index (χ1) is 6.26. The Morgan fingerprint density at radius 1 is 1.46 bits per heavy atom. The first-order valence-electron chi connectivity index (χ1n) is 5.66. The highest BCUT2D eigenvalue weighted by molar-refractivity contribution is 4.73. The van der Waals surface area contributed by atoms with E-state index in [9.17, 15) is 5.11 Å². The third kappa shape index (κ3) is 3.65. The first kappa shape index (κ1) is 11.0. The molecule has 78 valence electrons. The van der Waals surface area contributed by atoms with E-state index in [1.54, 1.807) is 0 Å².